The first-order valence-corrected chi connectivity index (χ1v) is 12.0. The fraction of sp³-hybridized carbons (Fsp3) is 0.417. The van der Waals surface area contributed by atoms with Gasteiger partial charge in [-0.15, -0.1) is 17.9 Å². The Labute approximate surface area is 198 Å². The molecule has 1 N–H and O–H groups in total. The molecule has 2 aromatic rings. The van der Waals surface area contributed by atoms with E-state index in [4.69, 9.17) is 16.3 Å². The minimum absolute atomic E-state index is 0.0133. The van der Waals surface area contributed by atoms with Gasteiger partial charge in [0.25, 0.3) is 0 Å². The van der Waals surface area contributed by atoms with Crippen LogP contribution >= 0.6 is 22.9 Å². The largest absolute Gasteiger partial charge is 0.491 e. The molecular formula is C24H30ClN3O3S. The molecule has 1 aliphatic heterocycles. The molecule has 2 heterocycles. The molecule has 0 unspecified atom stereocenters. The highest BCUT2D eigenvalue weighted by Crippen LogP contribution is 2.34. The van der Waals surface area contributed by atoms with Crippen LogP contribution in [-0.2, 0) is 11.2 Å². The summed E-state index contributed by atoms with van der Waals surface area (Å²) in [5, 5.41) is 5.59. The highest BCUT2D eigenvalue weighted by atomic mass is 35.5. The summed E-state index contributed by atoms with van der Waals surface area (Å²) in [6.45, 7) is 10.6. The summed E-state index contributed by atoms with van der Waals surface area (Å²) in [7, 11) is 0. The molecule has 1 aromatic heterocycles. The van der Waals surface area contributed by atoms with Gasteiger partial charge in [-0.3, -0.25) is 4.79 Å². The summed E-state index contributed by atoms with van der Waals surface area (Å²) in [5.74, 6) is 0.606. The number of benzene rings is 1. The highest BCUT2D eigenvalue weighted by Gasteiger charge is 2.33. The van der Waals surface area contributed by atoms with E-state index in [2.05, 4.69) is 23.3 Å². The number of carbonyl (C=O) groups excluding carboxylic acids is 2. The first-order valence-electron chi connectivity index (χ1n) is 10.7. The van der Waals surface area contributed by atoms with E-state index in [0.717, 1.165) is 17.5 Å². The van der Waals surface area contributed by atoms with Crippen LogP contribution in [0.2, 0.25) is 5.02 Å². The number of nitrogens with zero attached hydrogens (tertiary/aromatic N) is 2. The number of amides is 3. The quantitative estimate of drug-likeness (QED) is 0.557. The molecule has 0 bridgehead atoms. The van der Waals surface area contributed by atoms with Crippen LogP contribution in [0.1, 0.15) is 35.9 Å². The van der Waals surface area contributed by atoms with E-state index >= 15 is 0 Å². The molecular weight excluding hydrogens is 446 g/mol. The van der Waals surface area contributed by atoms with E-state index in [9.17, 15) is 9.59 Å². The third kappa shape index (κ3) is 5.84. The van der Waals surface area contributed by atoms with Crippen molar-refractivity contribution in [3.63, 3.8) is 0 Å². The summed E-state index contributed by atoms with van der Waals surface area (Å²) in [6, 6.07) is 7.10. The molecule has 0 fully saturated rings. The summed E-state index contributed by atoms with van der Waals surface area (Å²) < 4.78 is 6.08. The number of nitrogens with one attached hydrogen (secondary N) is 1. The zero-order chi connectivity index (χ0) is 23.3. The number of carbonyl (C=O) groups is 2. The number of thiophene rings is 1. The van der Waals surface area contributed by atoms with Crippen LogP contribution < -0.4 is 10.1 Å². The number of halogens is 1. The lowest BCUT2D eigenvalue weighted by Crippen LogP contribution is -2.50. The van der Waals surface area contributed by atoms with Gasteiger partial charge in [0, 0.05) is 29.0 Å². The normalized spacial score (nSPS) is 15.3. The fourth-order valence-corrected chi connectivity index (χ4v) is 4.77. The van der Waals surface area contributed by atoms with Crippen LogP contribution in [0.3, 0.4) is 0 Å². The Morgan fingerprint density at radius 3 is 2.88 bits per heavy atom. The van der Waals surface area contributed by atoms with Crippen LogP contribution in [-0.4, -0.2) is 54.0 Å². The minimum atomic E-state index is -0.272. The third-order valence-electron chi connectivity index (χ3n) is 5.33. The molecule has 172 valence electrons. The Hall–Kier alpha value is -2.51. The molecule has 1 aliphatic rings. The first-order chi connectivity index (χ1) is 15.3. The number of fused-ring (bicyclic) bond motifs is 1. The molecule has 0 spiro atoms. The topological polar surface area (TPSA) is 61.9 Å². The van der Waals surface area contributed by atoms with Crippen LogP contribution in [0.15, 0.2) is 42.3 Å². The van der Waals surface area contributed by atoms with Gasteiger partial charge in [0.05, 0.1) is 6.04 Å². The van der Waals surface area contributed by atoms with E-state index in [0.29, 0.717) is 30.5 Å². The summed E-state index contributed by atoms with van der Waals surface area (Å²) >= 11 is 7.83. The van der Waals surface area contributed by atoms with Crippen molar-refractivity contribution < 1.29 is 14.3 Å². The average Bonchev–Trinajstić information content (AvgIpc) is 3.22. The van der Waals surface area contributed by atoms with Crippen molar-refractivity contribution in [1.29, 1.82) is 0 Å². The van der Waals surface area contributed by atoms with Crippen molar-refractivity contribution in [3.05, 3.63) is 63.3 Å². The number of hydrogen-bond acceptors (Lipinski definition) is 4. The van der Waals surface area contributed by atoms with Crippen molar-refractivity contribution in [1.82, 2.24) is 15.1 Å². The SMILES string of the molecule is C=CCN(CC(=O)N1CCc2sccc2[C@@H]1COc1ccc(Cl)c(C)c1)C(=O)NC(C)C. The van der Waals surface area contributed by atoms with Gasteiger partial charge in [0.2, 0.25) is 5.91 Å². The number of hydrogen-bond donors (Lipinski definition) is 1. The second kappa shape index (κ2) is 10.9. The Bertz CT molecular complexity index is 975. The van der Waals surface area contributed by atoms with E-state index < -0.39 is 0 Å². The van der Waals surface area contributed by atoms with Crippen molar-refractivity contribution in [3.8, 4) is 5.75 Å². The maximum atomic E-state index is 13.3. The van der Waals surface area contributed by atoms with E-state index in [1.54, 1.807) is 17.4 Å². The third-order valence-corrected chi connectivity index (χ3v) is 6.75. The summed E-state index contributed by atoms with van der Waals surface area (Å²) in [5.41, 5.74) is 2.05. The molecule has 1 aromatic carbocycles. The van der Waals surface area contributed by atoms with Gasteiger partial charge in [-0.1, -0.05) is 17.7 Å². The van der Waals surface area contributed by atoms with E-state index in [1.165, 1.54) is 9.78 Å². The molecule has 32 heavy (non-hydrogen) atoms. The molecule has 0 saturated carbocycles. The maximum absolute atomic E-state index is 13.3. The molecule has 3 rings (SSSR count). The number of rotatable bonds is 8. The zero-order valence-electron chi connectivity index (χ0n) is 18.8. The standard InChI is InChI=1S/C24H30ClN3O3S/c1-5-10-27(24(30)26-16(2)3)14-23(29)28-11-8-22-19(9-12-32-22)21(28)15-31-18-6-7-20(25)17(4)13-18/h5-7,9,12-13,16,21H,1,8,10-11,14-15H2,2-4H3,(H,26,30)/t21-/m0/s1. The maximum Gasteiger partial charge on any atom is 0.318 e. The van der Waals surface area contributed by atoms with Crippen LogP contribution in [0.25, 0.3) is 0 Å². The number of ether oxygens (including phenoxy) is 1. The van der Waals surface area contributed by atoms with Crippen LogP contribution in [0, 0.1) is 6.92 Å². The lowest BCUT2D eigenvalue weighted by atomic mass is 10.0. The van der Waals surface area contributed by atoms with Crippen molar-refractivity contribution >= 4 is 34.9 Å². The van der Waals surface area contributed by atoms with Crippen molar-refractivity contribution in [2.24, 2.45) is 0 Å². The van der Waals surface area contributed by atoms with Crippen molar-refractivity contribution in [2.45, 2.75) is 39.3 Å². The Kier molecular flexibility index (Phi) is 8.21. The van der Waals surface area contributed by atoms with Crippen LogP contribution in [0.5, 0.6) is 5.75 Å². The van der Waals surface area contributed by atoms with E-state index in [1.807, 2.05) is 43.9 Å². The monoisotopic (exact) mass is 475 g/mol. The molecule has 6 nitrogen and oxygen atoms in total. The van der Waals surface area contributed by atoms with Gasteiger partial charge < -0.3 is 19.9 Å². The molecule has 0 saturated heterocycles. The van der Waals surface area contributed by atoms with Crippen LogP contribution in [0.4, 0.5) is 4.79 Å². The van der Waals surface area contributed by atoms with Crippen molar-refractivity contribution in [2.75, 3.05) is 26.2 Å². The van der Waals surface area contributed by atoms with E-state index in [-0.39, 0.29) is 30.6 Å². The molecule has 8 heteroatoms. The van der Waals surface area contributed by atoms with Gasteiger partial charge in [0.1, 0.15) is 18.9 Å². The van der Waals surface area contributed by atoms with Gasteiger partial charge in [-0.25, -0.2) is 4.79 Å². The second-order valence-electron chi connectivity index (χ2n) is 8.15. The first kappa shape index (κ1) is 24.1. The highest BCUT2D eigenvalue weighted by molar-refractivity contribution is 7.10. The fourth-order valence-electron chi connectivity index (χ4n) is 3.72. The molecule has 0 aliphatic carbocycles. The summed E-state index contributed by atoms with van der Waals surface area (Å²) in [4.78, 5) is 30.4. The zero-order valence-corrected chi connectivity index (χ0v) is 20.3. The second-order valence-corrected chi connectivity index (χ2v) is 9.56. The predicted molar refractivity (Wildman–Crippen MR) is 130 cm³/mol. The molecule has 3 amide bonds. The lowest BCUT2D eigenvalue weighted by Gasteiger charge is -2.37. The van der Waals surface area contributed by atoms with Gasteiger partial charge >= 0.3 is 6.03 Å². The Morgan fingerprint density at radius 1 is 1.41 bits per heavy atom. The summed E-state index contributed by atoms with van der Waals surface area (Å²) in [6.07, 6.45) is 2.43. The van der Waals surface area contributed by atoms with Gasteiger partial charge in [0.15, 0.2) is 0 Å². The molecule has 0 radical (unpaired) electrons. The predicted octanol–water partition coefficient (Wildman–Crippen LogP) is 4.82. The minimum Gasteiger partial charge on any atom is -0.491 e. The number of aryl methyl sites for hydroxylation is 1. The smallest absolute Gasteiger partial charge is 0.318 e. The average molecular weight is 476 g/mol. The number of urea groups is 1. The lowest BCUT2D eigenvalue weighted by molar-refractivity contribution is -0.135. The Balaban J connectivity index is 1.76. The Morgan fingerprint density at radius 2 is 2.19 bits per heavy atom. The molecule has 1 atom stereocenters. The van der Waals surface area contributed by atoms with Gasteiger partial charge in [-0.2, -0.15) is 0 Å². The van der Waals surface area contributed by atoms with Gasteiger partial charge in [-0.05, 0) is 68.0 Å².